The highest BCUT2D eigenvalue weighted by Crippen LogP contribution is 2.30. The van der Waals surface area contributed by atoms with Crippen molar-refractivity contribution >= 4 is 0 Å². The lowest BCUT2D eigenvalue weighted by molar-refractivity contribution is -0.253. The van der Waals surface area contributed by atoms with Crippen LogP contribution in [-0.2, 0) is 0 Å². The Bertz CT molecular complexity index is 419. The van der Waals surface area contributed by atoms with Crippen molar-refractivity contribution in [1.82, 2.24) is 5.32 Å². The molecule has 0 spiro atoms. The van der Waals surface area contributed by atoms with Gasteiger partial charge >= 0.3 is 12.5 Å². The summed E-state index contributed by atoms with van der Waals surface area (Å²) in [4.78, 5) is 0. The fourth-order valence-corrected chi connectivity index (χ4v) is 2.13. The Morgan fingerprint density at radius 3 is 2.68 bits per heavy atom. The van der Waals surface area contributed by atoms with Gasteiger partial charge in [0.1, 0.15) is 5.75 Å². The molecule has 1 heterocycles. The number of rotatable bonds is 4. The average molecular weight is 277 g/mol. The molecule has 2 rings (SSSR count). The Hall–Kier alpha value is -1.30. The van der Waals surface area contributed by atoms with Gasteiger partial charge in [0.2, 0.25) is 0 Å². The molecule has 0 bridgehead atoms. The third kappa shape index (κ3) is 3.59. The fourth-order valence-electron chi connectivity index (χ4n) is 2.13. The van der Waals surface area contributed by atoms with Crippen LogP contribution in [0.4, 0.5) is 17.6 Å². The van der Waals surface area contributed by atoms with Crippen LogP contribution in [0.2, 0.25) is 0 Å². The standard InChI is InChI=1S/C13H15F4NO/c14-12(15)13(16,17)19-10-5-3-4-9(8-10)11-6-1-2-7-18-11/h3-5,8,11-12,18H,1-2,6-7H2/t11-/m1/s1. The van der Waals surface area contributed by atoms with Crippen LogP contribution in [0.15, 0.2) is 24.3 Å². The summed E-state index contributed by atoms with van der Waals surface area (Å²) in [5.74, 6) is -0.241. The summed E-state index contributed by atoms with van der Waals surface area (Å²) in [5, 5.41) is 3.26. The predicted octanol–water partition coefficient (Wildman–Crippen LogP) is 3.74. The van der Waals surface area contributed by atoms with Crippen LogP contribution in [-0.4, -0.2) is 19.1 Å². The van der Waals surface area contributed by atoms with E-state index in [9.17, 15) is 17.6 Å². The number of halogens is 4. The Labute approximate surface area is 108 Å². The largest absolute Gasteiger partial charge is 0.461 e. The van der Waals surface area contributed by atoms with Crippen LogP contribution >= 0.6 is 0 Å². The third-order valence-electron chi connectivity index (χ3n) is 3.08. The quantitative estimate of drug-likeness (QED) is 0.846. The van der Waals surface area contributed by atoms with E-state index in [-0.39, 0.29) is 11.8 Å². The first-order valence-electron chi connectivity index (χ1n) is 6.17. The van der Waals surface area contributed by atoms with Gasteiger partial charge < -0.3 is 10.1 Å². The molecule has 1 atom stereocenters. The third-order valence-corrected chi connectivity index (χ3v) is 3.08. The van der Waals surface area contributed by atoms with Gasteiger partial charge in [-0.25, -0.2) is 0 Å². The number of piperidine rings is 1. The molecule has 1 aromatic carbocycles. The molecule has 19 heavy (non-hydrogen) atoms. The first-order chi connectivity index (χ1) is 8.99. The minimum Gasteiger partial charge on any atom is -0.428 e. The van der Waals surface area contributed by atoms with Gasteiger partial charge in [-0.2, -0.15) is 17.6 Å². The van der Waals surface area contributed by atoms with E-state index >= 15 is 0 Å². The lowest BCUT2D eigenvalue weighted by atomic mass is 9.97. The van der Waals surface area contributed by atoms with E-state index in [0.717, 1.165) is 31.4 Å². The molecule has 0 radical (unpaired) electrons. The highest BCUT2D eigenvalue weighted by molar-refractivity contribution is 5.31. The summed E-state index contributed by atoms with van der Waals surface area (Å²) >= 11 is 0. The van der Waals surface area contributed by atoms with Crippen LogP contribution in [0.3, 0.4) is 0 Å². The summed E-state index contributed by atoms with van der Waals surface area (Å²) in [5.41, 5.74) is 0.780. The van der Waals surface area contributed by atoms with Gasteiger partial charge in [-0.05, 0) is 37.1 Å². The highest BCUT2D eigenvalue weighted by atomic mass is 19.3. The molecule has 0 amide bonds. The van der Waals surface area contributed by atoms with Crippen molar-refractivity contribution in [2.45, 2.75) is 37.8 Å². The van der Waals surface area contributed by atoms with Crippen molar-refractivity contribution in [1.29, 1.82) is 0 Å². The topological polar surface area (TPSA) is 21.3 Å². The maximum atomic E-state index is 12.8. The Kier molecular flexibility index (Phi) is 4.29. The van der Waals surface area contributed by atoms with Gasteiger partial charge in [-0.15, -0.1) is 0 Å². The molecule has 1 aromatic rings. The van der Waals surface area contributed by atoms with E-state index < -0.39 is 12.5 Å². The molecule has 1 aliphatic heterocycles. The van der Waals surface area contributed by atoms with Crippen molar-refractivity contribution in [3.8, 4) is 5.75 Å². The van der Waals surface area contributed by atoms with Gasteiger partial charge in [0.15, 0.2) is 0 Å². The number of hydrogen-bond acceptors (Lipinski definition) is 2. The minimum atomic E-state index is -4.46. The summed E-state index contributed by atoms with van der Waals surface area (Å²) in [6, 6.07) is 6.01. The van der Waals surface area contributed by atoms with E-state index in [4.69, 9.17) is 0 Å². The van der Waals surface area contributed by atoms with Crippen molar-refractivity contribution in [3.05, 3.63) is 29.8 Å². The van der Waals surface area contributed by atoms with Crippen molar-refractivity contribution in [3.63, 3.8) is 0 Å². The zero-order chi connectivity index (χ0) is 13.9. The molecule has 2 nitrogen and oxygen atoms in total. The second-order valence-corrected chi connectivity index (χ2v) is 4.54. The maximum absolute atomic E-state index is 12.8. The van der Waals surface area contributed by atoms with Crippen molar-refractivity contribution in [2.75, 3.05) is 6.54 Å². The van der Waals surface area contributed by atoms with Crippen LogP contribution in [0, 0.1) is 0 Å². The summed E-state index contributed by atoms with van der Waals surface area (Å²) in [6.07, 6.45) is -5.27. The first kappa shape index (κ1) is 14.1. The second kappa shape index (κ2) is 5.77. The second-order valence-electron chi connectivity index (χ2n) is 4.54. The molecule has 0 saturated carbocycles. The lowest BCUT2D eigenvalue weighted by Gasteiger charge is -2.24. The minimum absolute atomic E-state index is 0.0671. The number of alkyl halides is 4. The normalized spacial score (nSPS) is 20.6. The van der Waals surface area contributed by atoms with Gasteiger partial charge in [-0.3, -0.25) is 0 Å². The zero-order valence-electron chi connectivity index (χ0n) is 10.2. The molecule has 1 saturated heterocycles. The smallest absolute Gasteiger partial charge is 0.428 e. The summed E-state index contributed by atoms with van der Waals surface area (Å²) in [7, 11) is 0. The summed E-state index contributed by atoms with van der Waals surface area (Å²) < 4.78 is 53.9. The van der Waals surface area contributed by atoms with Crippen molar-refractivity contribution in [2.24, 2.45) is 0 Å². The van der Waals surface area contributed by atoms with E-state index in [1.807, 2.05) is 0 Å². The van der Waals surface area contributed by atoms with Crippen LogP contribution in [0.1, 0.15) is 30.9 Å². The van der Waals surface area contributed by atoms with Gasteiger partial charge in [0, 0.05) is 6.04 Å². The van der Waals surface area contributed by atoms with E-state index in [0.29, 0.717) is 0 Å². The molecular formula is C13H15F4NO. The fraction of sp³-hybridized carbons (Fsp3) is 0.538. The first-order valence-corrected chi connectivity index (χ1v) is 6.17. The monoisotopic (exact) mass is 277 g/mol. The predicted molar refractivity (Wildman–Crippen MR) is 62.6 cm³/mol. The molecule has 0 aliphatic carbocycles. The molecular weight excluding hydrogens is 262 g/mol. The number of benzene rings is 1. The van der Waals surface area contributed by atoms with E-state index in [2.05, 4.69) is 10.1 Å². The SMILES string of the molecule is FC(F)C(F)(F)Oc1cccc([C@H]2CCCCN2)c1. The van der Waals surface area contributed by atoms with E-state index in [1.165, 1.54) is 18.2 Å². The lowest BCUT2D eigenvalue weighted by Crippen LogP contribution is -2.33. The molecule has 6 heteroatoms. The molecule has 1 aliphatic rings. The van der Waals surface area contributed by atoms with Gasteiger partial charge in [0.25, 0.3) is 0 Å². The molecule has 1 fully saturated rings. The molecule has 0 aromatic heterocycles. The van der Waals surface area contributed by atoms with Crippen LogP contribution in [0.5, 0.6) is 5.75 Å². The Balaban J connectivity index is 2.10. The van der Waals surface area contributed by atoms with Crippen molar-refractivity contribution < 1.29 is 22.3 Å². The number of nitrogens with one attached hydrogen (secondary N) is 1. The van der Waals surface area contributed by atoms with Crippen LogP contribution < -0.4 is 10.1 Å². The Morgan fingerprint density at radius 2 is 2.05 bits per heavy atom. The molecule has 1 N–H and O–H groups in total. The Morgan fingerprint density at radius 1 is 1.26 bits per heavy atom. The molecule has 106 valence electrons. The van der Waals surface area contributed by atoms with Crippen LogP contribution in [0.25, 0.3) is 0 Å². The summed E-state index contributed by atoms with van der Waals surface area (Å²) in [6.45, 7) is 0.864. The average Bonchev–Trinajstić information content (AvgIpc) is 2.39. The van der Waals surface area contributed by atoms with E-state index in [1.54, 1.807) is 6.07 Å². The number of ether oxygens (including phenoxy) is 1. The zero-order valence-corrected chi connectivity index (χ0v) is 10.2. The highest BCUT2D eigenvalue weighted by Gasteiger charge is 2.44. The molecule has 0 unspecified atom stereocenters. The maximum Gasteiger partial charge on any atom is 0.461 e. The van der Waals surface area contributed by atoms with Gasteiger partial charge in [-0.1, -0.05) is 18.6 Å². The number of hydrogen-bond donors (Lipinski definition) is 1. The van der Waals surface area contributed by atoms with Gasteiger partial charge in [0.05, 0.1) is 0 Å².